The van der Waals surface area contributed by atoms with E-state index in [0.717, 1.165) is 6.07 Å². The lowest BCUT2D eigenvalue weighted by atomic mass is 10.1. The smallest absolute Gasteiger partial charge is 0.335 e. The average molecular weight is 334 g/mol. The quantitative estimate of drug-likeness (QED) is 0.877. The van der Waals surface area contributed by atoms with Gasteiger partial charge >= 0.3 is 5.97 Å². The summed E-state index contributed by atoms with van der Waals surface area (Å²) in [6.45, 7) is 2.36. The minimum atomic E-state index is -3.87. The van der Waals surface area contributed by atoms with Crippen LogP contribution in [-0.4, -0.2) is 38.2 Å². The fourth-order valence-electron chi connectivity index (χ4n) is 2.23. The normalized spacial score (nSPS) is 23.0. The molecular weight excluding hydrogens is 318 g/mol. The summed E-state index contributed by atoms with van der Waals surface area (Å²) in [6.07, 6.45) is 1.11. The van der Waals surface area contributed by atoms with E-state index in [1.807, 2.05) is 6.92 Å². The Labute approximate surface area is 128 Å². The summed E-state index contributed by atoms with van der Waals surface area (Å²) in [5, 5.41) is 8.94. The first-order valence-corrected chi connectivity index (χ1v) is 8.32. The number of halogens is 1. The number of carboxylic acids is 1. The lowest BCUT2D eigenvalue weighted by molar-refractivity contribution is 0.0173. The van der Waals surface area contributed by atoms with Gasteiger partial charge < -0.3 is 9.84 Å². The van der Waals surface area contributed by atoms with E-state index < -0.39 is 16.0 Å². The predicted octanol–water partition coefficient (Wildman–Crippen LogP) is 1.88. The minimum absolute atomic E-state index is 0.00684. The Bertz CT molecular complexity index is 646. The second-order valence-corrected chi connectivity index (χ2v) is 7.06. The number of benzene rings is 1. The van der Waals surface area contributed by atoms with Gasteiger partial charge in [-0.3, -0.25) is 0 Å². The summed E-state index contributed by atoms with van der Waals surface area (Å²) in [7, 11) is -3.87. The third-order valence-corrected chi connectivity index (χ3v) is 5.28. The molecule has 0 spiro atoms. The first-order valence-electron chi connectivity index (χ1n) is 6.46. The molecule has 21 heavy (non-hydrogen) atoms. The number of hydrogen-bond acceptors (Lipinski definition) is 4. The van der Waals surface area contributed by atoms with E-state index in [-0.39, 0.29) is 27.6 Å². The third-order valence-electron chi connectivity index (χ3n) is 3.27. The summed E-state index contributed by atoms with van der Waals surface area (Å²) >= 11 is 5.89. The number of sulfonamides is 1. The van der Waals surface area contributed by atoms with Crippen molar-refractivity contribution in [3.8, 4) is 0 Å². The van der Waals surface area contributed by atoms with Gasteiger partial charge in [0.05, 0.1) is 16.7 Å². The first kappa shape index (κ1) is 16.2. The second kappa shape index (κ2) is 6.31. The van der Waals surface area contributed by atoms with E-state index in [1.165, 1.54) is 12.1 Å². The highest BCUT2D eigenvalue weighted by atomic mass is 35.5. The molecule has 0 saturated carbocycles. The molecule has 2 atom stereocenters. The van der Waals surface area contributed by atoms with Gasteiger partial charge in [-0.25, -0.2) is 17.9 Å². The zero-order valence-corrected chi connectivity index (χ0v) is 12.9. The number of hydrogen-bond donors (Lipinski definition) is 2. The number of aromatic carboxylic acids is 1. The molecule has 0 bridgehead atoms. The van der Waals surface area contributed by atoms with Gasteiger partial charge in [0.15, 0.2) is 0 Å². The van der Waals surface area contributed by atoms with Crippen molar-refractivity contribution in [3.63, 3.8) is 0 Å². The number of carboxylic acid groups (broad SMARTS) is 1. The molecule has 1 aromatic carbocycles. The van der Waals surface area contributed by atoms with Crippen LogP contribution in [0.3, 0.4) is 0 Å². The van der Waals surface area contributed by atoms with Crippen molar-refractivity contribution in [2.75, 3.05) is 6.61 Å². The van der Waals surface area contributed by atoms with E-state index >= 15 is 0 Å². The van der Waals surface area contributed by atoms with Gasteiger partial charge in [0.1, 0.15) is 4.90 Å². The van der Waals surface area contributed by atoms with Crippen LogP contribution in [0.2, 0.25) is 5.02 Å². The van der Waals surface area contributed by atoms with Gasteiger partial charge in [0.2, 0.25) is 10.0 Å². The van der Waals surface area contributed by atoms with Crippen molar-refractivity contribution < 1.29 is 23.1 Å². The summed E-state index contributed by atoms with van der Waals surface area (Å²) in [5.41, 5.74) is -0.125. The third kappa shape index (κ3) is 3.94. The SMILES string of the molecule is CC1CC(NS(=O)(=O)c2cc(C(=O)O)ccc2Cl)CCO1. The standard InChI is InChI=1S/C13H16ClNO5S/c1-8-6-10(4-5-20-8)15-21(18,19)12-7-9(13(16)17)2-3-11(12)14/h2-3,7-8,10,15H,4-6H2,1H3,(H,16,17). The highest BCUT2D eigenvalue weighted by Gasteiger charge is 2.27. The van der Waals surface area contributed by atoms with Gasteiger partial charge in [-0.15, -0.1) is 0 Å². The molecule has 116 valence electrons. The van der Waals surface area contributed by atoms with E-state index in [4.69, 9.17) is 21.4 Å². The van der Waals surface area contributed by atoms with Crippen molar-refractivity contribution in [1.29, 1.82) is 0 Å². The largest absolute Gasteiger partial charge is 0.478 e. The summed E-state index contributed by atoms with van der Waals surface area (Å²) < 4.78 is 32.7. The molecule has 1 aliphatic rings. The fraction of sp³-hybridized carbons (Fsp3) is 0.462. The molecule has 2 rings (SSSR count). The van der Waals surface area contributed by atoms with E-state index in [0.29, 0.717) is 19.4 Å². The van der Waals surface area contributed by atoms with Crippen molar-refractivity contribution in [3.05, 3.63) is 28.8 Å². The van der Waals surface area contributed by atoms with E-state index in [1.54, 1.807) is 0 Å². The molecule has 1 aromatic rings. The summed E-state index contributed by atoms with van der Waals surface area (Å²) in [5.74, 6) is -1.21. The second-order valence-electron chi connectivity index (χ2n) is 4.97. The predicted molar refractivity (Wildman–Crippen MR) is 77.2 cm³/mol. The molecule has 2 unspecified atom stereocenters. The monoisotopic (exact) mass is 333 g/mol. The molecule has 0 aromatic heterocycles. The van der Waals surface area contributed by atoms with Crippen molar-refractivity contribution >= 4 is 27.6 Å². The zero-order valence-electron chi connectivity index (χ0n) is 11.4. The Balaban J connectivity index is 2.26. The lowest BCUT2D eigenvalue weighted by Gasteiger charge is -2.27. The molecule has 1 heterocycles. The number of ether oxygens (including phenoxy) is 1. The Hall–Kier alpha value is -1.15. The molecule has 8 heteroatoms. The molecule has 0 amide bonds. The highest BCUT2D eigenvalue weighted by Crippen LogP contribution is 2.24. The van der Waals surface area contributed by atoms with Crippen LogP contribution in [0, 0.1) is 0 Å². The van der Waals surface area contributed by atoms with Crippen LogP contribution in [-0.2, 0) is 14.8 Å². The first-order chi connectivity index (χ1) is 9.79. The molecule has 1 saturated heterocycles. The minimum Gasteiger partial charge on any atom is -0.478 e. The molecule has 6 nitrogen and oxygen atoms in total. The fourth-order valence-corrected chi connectivity index (χ4v) is 4.04. The van der Waals surface area contributed by atoms with Crippen LogP contribution in [0.15, 0.2) is 23.1 Å². The number of rotatable bonds is 4. The van der Waals surface area contributed by atoms with Crippen LogP contribution in [0.1, 0.15) is 30.1 Å². The summed E-state index contributed by atoms with van der Waals surface area (Å²) in [6, 6.07) is 3.35. The van der Waals surface area contributed by atoms with Crippen LogP contribution >= 0.6 is 11.6 Å². The molecule has 0 aliphatic carbocycles. The Kier molecular flexibility index (Phi) is 4.88. The number of carbonyl (C=O) groups is 1. The molecular formula is C13H16ClNO5S. The van der Waals surface area contributed by atoms with E-state index in [9.17, 15) is 13.2 Å². The Morgan fingerprint density at radius 1 is 1.48 bits per heavy atom. The van der Waals surface area contributed by atoms with Crippen LogP contribution in [0.5, 0.6) is 0 Å². The van der Waals surface area contributed by atoms with Gasteiger partial charge in [-0.1, -0.05) is 11.6 Å². The molecule has 2 N–H and O–H groups in total. The van der Waals surface area contributed by atoms with Gasteiger partial charge in [0, 0.05) is 12.6 Å². The lowest BCUT2D eigenvalue weighted by Crippen LogP contribution is -2.41. The van der Waals surface area contributed by atoms with Crippen LogP contribution in [0.4, 0.5) is 0 Å². The maximum Gasteiger partial charge on any atom is 0.335 e. The topological polar surface area (TPSA) is 92.7 Å². The van der Waals surface area contributed by atoms with Crippen LogP contribution in [0.25, 0.3) is 0 Å². The summed E-state index contributed by atoms with van der Waals surface area (Å²) in [4.78, 5) is 10.7. The Morgan fingerprint density at radius 2 is 2.19 bits per heavy atom. The molecule has 0 radical (unpaired) electrons. The molecule has 1 fully saturated rings. The maximum absolute atomic E-state index is 12.4. The highest BCUT2D eigenvalue weighted by molar-refractivity contribution is 7.89. The van der Waals surface area contributed by atoms with Crippen molar-refractivity contribution in [2.45, 2.75) is 36.8 Å². The van der Waals surface area contributed by atoms with Gasteiger partial charge in [0.25, 0.3) is 0 Å². The number of nitrogens with one attached hydrogen (secondary N) is 1. The van der Waals surface area contributed by atoms with Crippen molar-refractivity contribution in [1.82, 2.24) is 4.72 Å². The van der Waals surface area contributed by atoms with E-state index in [2.05, 4.69) is 4.72 Å². The van der Waals surface area contributed by atoms with Crippen LogP contribution < -0.4 is 4.72 Å². The maximum atomic E-state index is 12.4. The Morgan fingerprint density at radius 3 is 2.81 bits per heavy atom. The molecule has 1 aliphatic heterocycles. The van der Waals surface area contributed by atoms with Gasteiger partial charge in [-0.05, 0) is 38.0 Å². The van der Waals surface area contributed by atoms with Gasteiger partial charge in [-0.2, -0.15) is 0 Å². The average Bonchev–Trinajstić information content (AvgIpc) is 2.38. The zero-order chi connectivity index (χ0) is 15.6. The van der Waals surface area contributed by atoms with Crippen molar-refractivity contribution in [2.24, 2.45) is 0 Å².